The van der Waals surface area contributed by atoms with E-state index in [0.29, 0.717) is 17.8 Å². The fourth-order valence-corrected chi connectivity index (χ4v) is 12.4. The van der Waals surface area contributed by atoms with Crippen molar-refractivity contribution in [2.24, 2.45) is 5.41 Å². The fraction of sp³-hybridized carbons (Fsp3) is 0.397. The summed E-state index contributed by atoms with van der Waals surface area (Å²) in [6.07, 6.45) is 2.99. The molecular weight excluding hydrogens is 1050 g/mol. The van der Waals surface area contributed by atoms with E-state index in [4.69, 9.17) is 9.97 Å². The van der Waals surface area contributed by atoms with Crippen LogP contribution in [0.4, 0.5) is 0 Å². The van der Waals surface area contributed by atoms with Gasteiger partial charge < -0.3 is 5.11 Å². The molecule has 0 fully saturated rings. The van der Waals surface area contributed by atoms with Crippen LogP contribution in [0.1, 0.15) is 171 Å². The Morgan fingerprint density at radius 2 is 1.34 bits per heavy atom. The third-order valence-corrected chi connectivity index (χ3v) is 16.0. The average molecular weight is 1130 g/mol. The predicted molar refractivity (Wildman–Crippen MR) is 299 cm³/mol. The number of hydrogen-bond acceptors (Lipinski definition) is 4. The Morgan fingerprint density at radius 1 is 0.700 bits per heavy atom. The molecule has 4 heterocycles. The Kier molecular flexibility index (Phi) is 13.5. The Labute approximate surface area is 438 Å². The molecule has 0 saturated carbocycles. The van der Waals surface area contributed by atoms with Crippen LogP contribution in [0, 0.1) is 32.3 Å². The SMILES string of the molecule is Cc1cc(C)c(O)c(-c2nc3c(-c4[c-]c(-c5nccc6c(C)c(CC(C)(C)C)sc56)cc(C(C)(C)C)c4)ccc4c3n2-c2ccc(C(C)(C)C)cc2B4c2c(C(C)C)cc(C(C)C)cc2C(C)C)c1.[Pt]. The standard InChI is InChI=1S/C63H73BN3OS.Pt/c1-34(2)40-30-47(35(3)4)54(48(31-40)36(5)6)64-50-21-20-46(41-27-42(29-44(28-41)63(16,17)18)55-59-45(23-24-65-55)39(9)53(69-59)33-61(10,11)12)56-57(50)67(52-22-19-43(32-51(52)64)62(13,14)15)60(66-56)49-26-37(7)25-38(8)58(49)68;/h19-26,28-32,34-36,68H,33H2,1-18H3;/q-1;. The Balaban J connectivity index is 0.00000659. The number of benzene rings is 5. The van der Waals surface area contributed by atoms with Crippen LogP contribution in [0.5, 0.6) is 5.75 Å². The number of phenolic OH excluding ortho intramolecular Hbond substituents is 1. The van der Waals surface area contributed by atoms with Crippen molar-refractivity contribution in [3.05, 3.63) is 134 Å². The van der Waals surface area contributed by atoms with Crippen molar-refractivity contribution >= 4 is 55.6 Å². The normalized spacial score (nSPS) is 13.1. The molecule has 0 saturated heterocycles. The molecule has 0 radical (unpaired) electrons. The molecule has 0 unspecified atom stereocenters. The molecule has 7 heteroatoms. The van der Waals surface area contributed by atoms with Gasteiger partial charge in [0.1, 0.15) is 11.6 Å². The van der Waals surface area contributed by atoms with E-state index in [1.807, 2.05) is 24.5 Å². The monoisotopic (exact) mass is 1130 g/mol. The number of pyridine rings is 1. The number of nitrogens with zero attached hydrogens (tertiary/aromatic N) is 3. The van der Waals surface area contributed by atoms with E-state index in [1.54, 1.807) is 0 Å². The zero-order valence-corrected chi connectivity index (χ0v) is 48.1. The van der Waals surface area contributed by atoms with Gasteiger partial charge >= 0.3 is 0 Å². The number of aryl methyl sites for hydroxylation is 3. The molecular formula is C63H73BN3OPtS-. The zero-order valence-electron chi connectivity index (χ0n) is 45.0. The quantitative estimate of drug-likeness (QED) is 0.122. The summed E-state index contributed by atoms with van der Waals surface area (Å²) in [6, 6.07) is 31.9. The summed E-state index contributed by atoms with van der Waals surface area (Å²) in [4.78, 5) is 12.4. The maximum atomic E-state index is 12.1. The van der Waals surface area contributed by atoms with E-state index < -0.39 is 0 Å². The van der Waals surface area contributed by atoms with E-state index in [-0.39, 0.29) is 49.8 Å². The van der Waals surface area contributed by atoms with Crippen LogP contribution >= 0.6 is 11.3 Å². The maximum Gasteiger partial charge on any atom is 0.247 e. The molecule has 0 atom stereocenters. The second kappa shape index (κ2) is 18.4. The van der Waals surface area contributed by atoms with Crippen LogP contribution in [0.3, 0.4) is 0 Å². The van der Waals surface area contributed by atoms with Crippen LogP contribution < -0.4 is 16.4 Å². The van der Waals surface area contributed by atoms with Gasteiger partial charge in [-0.2, -0.15) is 0 Å². The number of hydrogen-bond donors (Lipinski definition) is 1. The van der Waals surface area contributed by atoms with Crippen molar-refractivity contribution in [3.63, 3.8) is 0 Å². The van der Waals surface area contributed by atoms with Crippen LogP contribution in [0.2, 0.25) is 0 Å². The number of aromatic nitrogens is 3. The van der Waals surface area contributed by atoms with Crippen LogP contribution in [-0.4, -0.2) is 26.4 Å². The Morgan fingerprint density at radius 3 is 1.94 bits per heavy atom. The van der Waals surface area contributed by atoms with Crippen LogP contribution in [0.25, 0.3) is 60.6 Å². The van der Waals surface area contributed by atoms with Gasteiger partial charge in [0.05, 0.1) is 16.6 Å². The summed E-state index contributed by atoms with van der Waals surface area (Å²) in [5.74, 6) is 2.02. The summed E-state index contributed by atoms with van der Waals surface area (Å²) < 4.78 is 3.60. The number of thiophene rings is 1. The largest absolute Gasteiger partial charge is 0.507 e. The van der Waals surface area contributed by atoms with Crippen molar-refractivity contribution in [2.75, 3.05) is 0 Å². The third kappa shape index (κ3) is 9.08. The van der Waals surface area contributed by atoms with Gasteiger partial charge in [0, 0.05) is 48.2 Å². The third-order valence-electron chi connectivity index (χ3n) is 14.7. The molecule has 70 heavy (non-hydrogen) atoms. The van der Waals surface area contributed by atoms with Gasteiger partial charge in [-0.25, -0.2) is 4.98 Å². The summed E-state index contributed by atoms with van der Waals surface area (Å²) in [7, 11) is 0. The first-order chi connectivity index (χ1) is 32.2. The molecule has 8 aromatic rings. The molecule has 3 aromatic heterocycles. The molecule has 0 amide bonds. The van der Waals surface area contributed by atoms with Gasteiger partial charge in [-0.1, -0.05) is 163 Å². The van der Waals surface area contributed by atoms with Crippen molar-refractivity contribution in [1.82, 2.24) is 14.5 Å². The van der Waals surface area contributed by atoms with E-state index in [2.05, 4.69) is 201 Å². The van der Waals surface area contributed by atoms with Crippen LogP contribution in [0.15, 0.2) is 79.0 Å². The minimum atomic E-state index is -0.160. The zero-order chi connectivity index (χ0) is 50.0. The van der Waals surface area contributed by atoms with E-state index in [9.17, 15) is 5.11 Å². The maximum absolute atomic E-state index is 12.1. The first-order valence-corrected chi connectivity index (χ1v) is 26.2. The number of fused-ring (bicyclic) bond motifs is 3. The smallest absolute Gasteiger partial charge is 0.247 e. The molecule has 0 aliphatic carbocycles. The molecule has 0 spiro atoms. The van der Waals surface area contributed by atoms with Crippen LogP contribution in [-0.2, 0) is 38.3 Å². The van der Waals surface area contributed by atoms with Crippen molar-refractivity contribution in [3.8, 4) is 45.2 Å². The second-order valence-electron chi connectivity index (χ2n) is 24.6. The number of rotatable bonds is 8. The molecule has 1 aliphatic heterocycles. The van der Waals surface area contributed by atoms with E-state index in [1.165, 1.54) is 64.7 Å². The topological polar surface area (TPSA) is 50.9 Å². The molecule has 1 N–H and O–H groups in total. The van der Waals surface area contributed by atoms with Gasteiger partial charge in [0.25, 0.3) is 0 Å². The minimum absolute atomic E-state index is 0. The second-order valence-corrected chi connectivity index (χ2v) is 25.7. The van der Waals surface area contributed by atoms with Gasteiger partial charge in [-0.3, -0.25) is 9.55 Å². The summed E-state index contributed by atoms with van der Waals surface area (Å²) in [5, 5.41) is 13.4. The minimum Gasteiger partial charge on any atom is -0.507 e. The van der Waals surface area contributed by atoms with Gasteiger partial charge in [0.2, 0.25) is 6.71 Å². The Bertz CT molecular complexity index is 3320. The van der Waals surface area contributed by atoms with Crippen molar-refractivity contribution < 1.29 is 26.2 Å². The number of imidazole rings is 1. The van der Waals surface area contributed by atoms with Crippen molar-refractivity contribution in [2.45, 2.75) is 160 Å². The molecule has 1 aliphatic rings. The molecule has 4 nitrogen and oxygen atoms in total. The van der Waals surface area contributed by atoms with Crippen molar-refractivity contribution in [1.29, 1.82) is 0 Å². The summed E-state index contributed by atoms with van der Waals surface area (Å²) in [5.41, 5.74) is 21.6. The Hall–Kier alpha value is -4.77. The predicted octanol–water partition coefficient (Wildman–Crippen LogP) is 15.4. The summed E-state index contributed by atoms with van der Waals surface area (Å²) >= 11 is 1.89. The summed E-state index contributed by atoms with van der Waals surface area (Å²) in [6.45, 7) is 41.2. The van der Waals surface area contributed by atoms with Gasteiger partial charge in [0.15, 0.2) is 0 Å². The molecule has 0 bridgehead atoms. The fourth-order valence-electron chi connectivity index (χ4n) is 10.8. The number of phenols is 1. The molecule has 5 aromatic carbocycles. The average Bonchev–Trinajstić information content (AvgIpc) is 3.81. The first kappa shape index (κ1) is 51.6. The van der Waals surface area contributed by atoms with E-state index >= 15 is 0 Å². The van der Waals surface area contributed by atoms with Gasteiger partial charge in [-0.05, 0) is 135 Å². The van der Waals surface area contributed by atoms with E-state index in [0.717, 1.165) is 68.0 Å². The molecule has 366 valence electrons. The van der Waals surface area contributed by atoms with Gasteiger partial charge in [-0.15, -0.1) is 40.7 Å². The first-order valence-electron chi connectivity index (χ1n) is 25.4. The number of aromatic hydroxyl groups is 1. The molecule has 9 rings (SSSR count).